The Hall–Kier alpha value is -0.310. The van der Waals surface area contributed by atoms with E-state index in [9.17, 15) is 14.6 Å². The average Bonchev–Trinajstić information content (AvgIpc) is 2.29. The zero-order chi connectivity index (χ0) is 13.2. The molecule has 1 heterocycles. The smallest absolute Gasteiger partial charge is 0.170 e. The Morgan fingerprint density at radius 1 is 1.35 bits per heavy atom. The second-order valence-electron chi connectivity index (χ2n) is 4.31. The number of halogens is 1. The predicted molar refractivity (Wildman–Crippen MR) is 56.6 cm³/mol. The lowest BCUT2D eigenvalue weighted by Crippen LogP contribution is -2.62. The third-order valence-electron chi connectivity index (χ3n) is 2.79. The number of hydrogen-bond donors (Lipinski definition) is 3. The van der Waals surface area contributed by atoms with Crippen molar-refractivity contribution in [3.63, 3.8) is 0 Å². The number of aliphatic hydroxyl groups excluding tert-OH is 3. The van der Waals surface area contributed by atoms with E-state index in [2.05, 4.69) is 0 Å². The van der Waals surface area contributed by atoms with Gasteiger partial charge in [0.15, 0.2) is 12.4 Å². The fourth-order valence-corrected chi connectivity index (χ4v) is 1.87. The van der Waals surface area contributed by atoms with Gasteiger partial charge in [-0.25, -0.2) is 4.39 Å². The summed E-state index contributed by atoms with van der Waals surface area (Å²) in [4.78, 5) is 4.99. The molecule has 17 heavy (non-hydrogen) atoms. The summed E-state index contributed by atoms with van der Waals surface area (Å²) in [7, 11) is 1.36. The molecule has 3 unspecified atom stereocenters. The van der Waals surface area contributed by atoms with Gasteiger partial charge in [0.05, 0.1) is 13.7 Å². The number of alkyl halides is 1. The van der Waals surface area contributed by atoms with Crippen molar-refractivity contribution in [3.05, 3.63) is 0 Å². The molecule has 0 bridgehead atoms. The lowest BCUT2D eigenvalue weighted by Gasteiger charge is -2.43. The zero-order valence-electron chi connectivity index (χ0n) is 10.2. The fourth-order valence-electron chi connectivity index (χ4n) is 1.87. The molecule has 0 aromatic rings. The van der Waals surface area contributed by atoms with Gasteiger partial charge in [-0.3, -0.25) is 4.84 Å². The summed E-state index contributed by atoms with van der Waals surface area (Å²) in [6.45, 7) is 3.03. The number of nitrogens with zero attached hydrogens (tertiary/aromatic N) is 1. The maximum Gasteiger partial charge on any atom is 0.170 e. The summed E-state index contributed by atoms with van der Waals surface area (Å²) < 4.78 is 19.1. The predicted octanol–water partition coefficient (Wildman–Crippen LogP) is -0.965. The molecule has 7 heteroatoms. The molecule has 0 saturated carbocycles. The van der Waals surface area contributed by atoms with E-state index in [-0.39, 0.29) is 6.04 Å². The summed E-state index contributed by atoms with van der Waals surface area (Å²) in [6.07, 6.45) is -7.05. The van der Waals surface area contributed by atoms with E-state index in [0.29, 0.717) is 0 Å². The minimum atomic E-state index is -1.81. The number of aliphatic hydroxyl groups is 3. The molecule has 0 spiro atoms. The van der Waals surface area contributed by atoms with Crippen LogP contribution in [0, 0.1) is 0 Å². The second-order valence-corrected chi connectivity index (χ2v) is 4.31. The van der Waals surface area contributed by atoms with Crippen LogP contribution in [0.25, 0.3) is 0 Å². The van der Waals surface area contributed by atoms with Gasteiger partial charge in [0.25, 0.3) is 0 Å². The molecule has 1 saturated heterocycles. The second kappa shape index (κ2) is 6.03. The summed E-state index contributed by atoms with van der Waals surface area (Å²) in [5.41, 5.74) is 0. The van der Waals surface area contributed by atoms with E-state index in [1.54, 1.807) is 13.8 Å². The van der Waals surface area contributed by atoms with Crippen LogP contribution in [-0.4, -0.2) is 70.9 Å². The van der Waals surface area contributed by atoms with Crippen molar-refractivity contribution in [1.29, 1.82) is 0 Å². The largest absolute Gasteiger partial charge is 0.394 e. The van der Waals surface area contributed by atoms with Crippen LogP contribution >= 0.6 is 0 Å². The molecule has 5 atom stereocenters. The minimum absolute atomic E-state index is 0.176. The van der Waals surface area contributed by atoms with E-state index in [0.717, 1.165) is 0 Å². The molecule has 1 aliphatic heterocycles. The Kier molecular flexibility index (Phi) is 5.23. The van der Waals surface area contributed by atoms with E-state index < -0.39 is 37.3 Å². The van der Waals surface area contributed by atoms with Crippen molar-refractivity contribution in [1.82, 2.24) is 5.06 Å². The maximum absolute atomic E-state index is 13.9. The Labute approximate surface area is 99.5 Å². The molecule has 0 aromatic heterocycles. The van der Waals surface area contributed by atoms with E-state index in [4.69, 9.17) is 14.7 Å². The molecular weight excluding hydrogens is 233 g/mol. The molecular formula is C10H20FNO5. The van der Waals surface area contributed by atoms with Gasteiger partial charge in [0, 0.05) is 6.04 Å². The molecule has 0 radical (unpaired) electrons. The molecule has 1 rings (SSSR count). The monoisotopic (exact) mass is 253 g/mol. The first-order chi connectivity index (χ1) is 7.93. The number of rotatable bonds is 4. The Bertz CT molecular complexity index is 241. The van der Waals surface area contributed by atoms with Crippen LogP contribution in [-0.2, 0) is 9.57 Å². The van der Waals surface area contributed by atoms with Crippen molar-refractivity contribution < 1.29 is 29.3 Å². The highest BCUT2D eigenvalue weighted by Crippen LogP contribution is 2.26. The third kappa shape index (κ3) is 2.93. The van der Waals surface area contributed by atoms with Gasteiger partial charge in [0.2, 0.25) is 0 Å². The van der Waals surface area contributed by atoms with Crippen LogP contribution in [0.1, 0.15) is 13.8 Å². The van der Waals surface area contributed by atoms with Crippen LogP contribution in [0.3, 0.4) is 0 Å². The Morgan fingerprint density at radius 3 is 2.35 bits per heavy atom. The van der Waals surface area contributed by atoms with Crippen LogP contribution in [0.15, 0.2) is 0 Å². The van der Waals surface area contributed by atoms with Crippen molar-refractivity contribution in [2.24, 2.45) is 0 Å². The van der Waals surface area contributed by atoms with E-state index in [1.165, 1.54) is 12.2 Å². The first-order valence-electron chi connectivity index (χ1n) is 5.53. The zero-order valence-corrected chi connectivity index (χ0v) is 10.2. The molecule has 102 valence electrons. The highest BCUT2D eigenvalue weighted by molar-refractivity contribution is 4.91. The highest BCUT2D eigenvalue weighted by Gasteiger charge is 2.47. The van der Waals surface area contributed by atoms with Crippen molar-refractivity contribution in [3.8, 4) is 0 Å². The molecule has 0 aliphatic carbocycles. The number of hydroxylamine groups is 2. The minimum Gasteiger partial charge on any atom is -0.394 e. The Balaban J connectivity index is 2.84. The highest BCUT2D eigenvalue weighted by atomic mass is 19.1. The van der Waals surface area contributed by atoms with Crippen molar-refractivity contribution in [2.45, 2.75) is 50.6 Å². The standard InChI is InChI=1S/C10H20FNO5/c1-5(2)12(16-3)10-7(11)9(15)8(14)6(4-13)17-10/h5-10,13-15H,4H2,1-3H3/t6?,7?,8-,9-,10?/m1/s1. The molecule has 0 aromatic carbocycles. The molecule has 1 fully saturated rings. The summed E-state index contributed by atoms with van der Waals surface area (Å²) in [5.74, 6) is 0. The van der Waals surface area contributed by atoms with E-state index in [1.807, 2.05) is 0 Å². The lowest BCUT2D eigenvalue weighted by atomic mass is 9.99. The first-order valence-corrected chi connectivity index (χ1v) is 5.53. The van der Waals surface area contributed by atoms with Gasteiger partial charge in [0.1, 0.15) is 18.3 Å². The maximum atomic E-state index is 13.9. The quantitative estimate of drug-likeness (QED) is 0.560. The number of ether oxygens (including phenoxy) is 1. The normalized spacial score (nSPS) is 39.0. The van der Waals surface area contributed by atoms with Gasteiger partial charge in [-0.15, -0.1) is 0 Å². The van der Waals surface area contributed by atoms with Gasteiger partial charge < -0.3 is 20.1 Å². The fraction of sp³-hybridized carbons (Fsp3) is 1.00. The lowest BCUT2D eigenvalue weighted by molar-refractivity contribution is -0.326. The summed E-state index contributed by atoms with van der Waals surface area (Å²) in [5, 5.41) is 29.3. The van der Waals surface area contributed by atoms with Crippen LogP contribution in [0.4, 0.5) is 4.39 Å². The van der Waals surface area contributed by atoms with Gasteiger partial charge >= 0.3 is 0 Å². The van der Waals surface area contributed by atoms with Crippen molar-refractivity contribution >= 4 is 0 Å². The number of hydrogen-bond acceptors (Lipinski definition) is 6. The molecule has 6 nitrogen and oxygen atoms in total. The van der Waals surface area contributed by atoms with Gasteiger partial charge in [-0.1, -0.05) is 0 Å². The summed E-state index contributed by atoms with van der Waals surface area (Å²) in [6, 6.07) is -0.176. The topological polar surface area (TPSA) is 82.4 Å². The van der Waals surface area contributed by atoms with Crippen LogP contribution < -0.4 is 0 Å². The third-order valence-corrected chi connectivity index (χ3v) is 2.79. The summed E-state index contributed by atoms with van der Waals surface area (Å²) >= 11 is 0. The van der Waals surface area contributed by atoms with Gasteiger partial charge in [-0.2, -0.15) is 5.06 Å². The SMILES string of the molecule is CON(C(C)C)C1OC(CO)[C@@H](O)[C@H](O)C1F. The molecule has 1 aliphatic rings. The van der Waals surface area contributed by atoms with Crippen LogP contribution in [0.5, 0.6) is 0 Å². The first kappa shape index (κ1) is 14.7. The molecule has 3 N–H and O–H groups in total. The average molecular weight is 253 g/mol. The van der Waals surface area contributed by atoms with E-state index >= 15 is 0 Å². The van der Waals surface area contributed by atoms with Crippen LogP contribution in [0.2, 0.25) is 0 Å². The van der Waals surface area contributed by atoms with Gasteiger partial charge in [-0.05, 0) is 13.8 Å². The molecule has 0 amide bonds. The Morgan fingerprint density at radius 2 is 1.94 bits per heavy atom. The van der Waals surface area contributed by atoms with Crippen molar-refractivity contribution in [2.75, 3.05) is 13.7 Å².